The molecule has 0 atom stereocenters. The molecule has 0 fully saturated rings. The molecule has 0 aromatic carbocycles. The minimum Gasteiger partial charge on any atom is -0.462 e. The average molecular weight is 299 g/mol. The number of amides is 1. The van der Waals surface area contributed by atoms with Crippen LogP contribution in [0.3, 0.4) is 0 Å². The third-order valence-electron chi connectivity index (χ3n) is 2.78. The molecule has 1 amide bonds. The summed E-state index contributed by atoms with van der Waals surface area (Å²) in [7, 11) is 1.57. The Kier molecular flexibility index (Phi) is 5.71. The third kappa shape index (κ3) is 4.61. The van der Waals surface area contributed by atoms with Gasteiger partial charge >= 0.3 is 5.97 Å². The number of carbonyl (C=O) groups is 2. The second-order valence-electron chi connectivity index (χ2n) is 5.03. The van der Waals surface area contributed by atoms with Gasteiger partial charge in [-0.3, -0.25) is 4.79 Å². The highest BCUT2D eigenvalue weighted by molar-refractivity contribution is 7.18. The second-order valence-corrected chi connectivity index (χ2v) is 6.08. The zero-order chi connectivity index (χ0) is 15.3. The zero-order valence-electron chi connectivity index (χ0n) is 12.5. The number of carbonyl (C=O) groups excluding carboxylic acids is 2. The molecule has 0 aliphatic heterocycles. The number of ether oxygens (including phenoxy) is 2. The molecule has 0 aliphatic carbocycles. The van der Waals surface area contributed by atoms with Crippen molar-refractivity contribution in [2.75, 3.05) is 19.0 Å². The molecule has 1 aromatic rings. The van der Waals surface area contributed by atoms with Crippen LogP contribution in [-0.4, -0.2) is 31.2 Å². The maximum absolute atomic E-state index is 11.9. The Morgan fingerprint density at radius 2 is 2.05 bits per heavy atom. The van der Waals surface area contributed by atoms with Gasteiger partial charge in [-0.25, -0.2) is 4.79 Å². The van der Waals surface area contributed by atoms with Crippen molar-refractivity contribution in [2.24, 2.45) is 0 Å². The maximum Gasteiger partial charge on any atom is 0.348 e. The first-order valence-corrected chi connectivity index (χ1v) is 7.23. The van der Waals surface area contributed by atoms with Crippen LogP contribution >= 0.6 is 11.3 Å². The van der Waals surface area contributed by atoms with Gasteiger partial charge in [0.15, 0.2) is 0 Å². The highest BCUT2D eigenvalue weighted by Gasteiger charge is 2.22. The predicted octanol–water partition coefficient (Wildman–Crippen LogP) is 2.99. The molecule has 0 saturated heterocycles. The molecule has 1 rings (SSSR count). The predicted molar refractivity (Wildman–Crippen MR) is 79.3 cm³/mol. The van der Waals surface area contributed by atoms with Crippen LogP contribution in [-0.2, 0) is 14.3 Å². The molecule has 0 spiro atoms. The molecule has 1 heterocycles. The monoisotopic (exact) mass is 299 g/mol. The summed E-state index contributed by atoms with van der Waals surface area (Å²) >= 11 is 1.22. The molecule has 0 unspecified atom stereocenters. The van der Waals surface area contributed by atoms with E-state index in [1.807, 2.05) is 20.8 Å². The SMILES string of the molecule is CCOC(=O)c1sc(NC(=O)CC(C)(C)OC)cc1C. The summed E-state index contributed by atoms with van der Waals surface area (Å²) in [6.45, 7) is 7.60. The van der Waals surface area contributed by atoms with Crippen LogP contribution in [0, 0.1) is 6.92 Å². The minimum absolute atomic E-state index is 0.145. The lowest BCUT2D eigenvalue weighted by atomic mass is 10.1. The normalized spacial score (nSPS) is 11.2. The number of hydrogen-bond acceptors (Lipinski definition) is 5. The number of rotatable bonds is 6. The van der Waals surface area contributed by atoms with Gasteiger partial charge in [-0.05, 0) is 39.3 Å². The fraction of sp³-hybridized carbons (Fsp3) is 0.571. The first-order valence-electron chi connectivity index (χ1n) is 6.41. The van der Waals surface area contributed by atoms with Crippen LogP contribution in [0.2, 0.25) is 0 Å². The van der Waals surface area contributed by atoms with Gasteiger partial charge in [0.2, 0.25) is 5.91 Å². The van der Waals surface area contributed by atoms with Crippen molar-refractivity contribution in [1.82, 2.24) is 0 Å². The van der Waals surface area contributed by atoms with Gasteiger partial charge in [0.25, 0.3) is 0 Å². The third-order valence-corrected chi connectivity index (χ3v) is 3.91. The molecule has 5 nitrogen and oxygen atoms in total. The standard InChI is InChI=1S/C14H21NO4S/c1-6-19-13(17)12-9(2)7-11(20-12)15-10(16)8-14(3,4)18-5/h7H,6,8H2,1-5H3,(H,15,16). The number of aryl methyl sites for hydroxylation is 1. The fourth-order valence-electron chi connectivity index (χ4n) is 1.58. The van der Waals surface area contributed by atoms with Gasteiger partial charge < -0.3 is 14.8 Å². The van der Waals surface area contributed by atoms with Gasteiger partial charge in [0.05, 0.1) is 23.6 Å². The summed E-state index contributed by atoms with van der Waals surface area (Å²) in [6, 6.07) is 1.77. The van der Waals surface area contributed by atoms with E-state index in [2.05, 4.69) is 5.32 Å². The lowest BCUT2D eigenvalue weighted by Gasteiger charge is -2.21. The first kappa shape index (κ1) is 16.7. The largest absolute Gasteiger partial charge is 0.462 e. The van der Waals surface area contributed by atoms with Gasteiger partial charge in [0.1, 0.15) is 4.88 Å². The van der Waals surface area contributed by atoms with E-state index in [4.69, 9.17) is 9.47 Å². The number of methoxy groups -OCH3 is 1. The Morgan fingerprint density at radius 1 is 1.40 bits per heavy atom. The Bertz CT molecular complexity index is 493. The van der Waals surface area contributed by atoms with Gasteiger partial charge in [-0.2, -0.15) is 0 Å². The molecule has 112 valence electrons. The van der Waals surface area contributed by atoms with E-state index >= 15 is 0 Å². The molecule has 1 N–H and O–H groups in total. The van der Waals surface area contributed by atoms with E-state index < -0.39 is 5.60 Å². The quantitative estimate of drug-likeness (QED) is 0.820. The highest BCUT2D eigenvalue weighted by Crippen LogP contribution is 2.28. The van der Waals surface area contributed by atoms with Gasteiger partial charge in [-0.15, -0.1) is 11.3 Å². The zero-order valence-corrected chi connectivity index (χ0v) is 13.3. The van der Waals surface area contributed by atoms with E-state index in [1.165, 1.54) is 11.3 Å². The summed E-state index contributed by atoms with van der Waals surface area (Å²) in [5.74, 6) is -0.499. The fourth-order valence-corrected chi connectivity index (χ4v) is 2.57. The number of esters is 1. The molecule has 1 aromatic heterocycles. The Balaban J connectivity index is 2.72. The van der Waals surface area contributed by atoms with Crippen molar-refractivity contribution in [1.29, 1.82) is 0 Å². The number of hydrogen-bond donors (Lipinski definition) is 1. The van der Waals surface area contributed by atoms with Crippen molar-refractivity contribution in [3.05, 3.63) is 16.5 Å². The molecule has 20 heavy (non-hydrogen) atoms. The van der Waals surface area contributed by atoms with E-state index in [9.17, 15) is 9.59 Å². The number of anilines is 1. The molecule has 0 aliphatic rings. The Morgan fingerprint density at radius 3 is 2.60 bits per heavy atom. The summed E-state index contributed by atoms with van der Waals surface area (Å²) in [6.07, 6.45) is 0.245. The minimum atomic E-state index is -0.514. The van der Waals surface area contributed by atoms with Crippen LogP contribution in [0.4, 0.5) is 5.00 Å². The summed E-state index contributed by atoms with van der Waals surface area (Å²) in [5, 5.41) is 3.42. The van der Waals surface area contributed by atoms with Crippen molar-refractivity contribution < 1.29 is 19.1 Å². The lowest BCUT2D eigenvalue weighted by molar-refractivity contribution is -0.121. The summed E-state index contributed by atoms with van der Waals surface area (Å²) in [4.78, 5) is 24.1. The summed E-state index contributed by atoms with van der Waals surface area (Å²) in [5.41, 5.74) is 0.287. The van der Waals surface area contributed by atoms with Crippen molar-refractivity contribution >= 4 is 28.2 Å². The van der Waals surface area contributed by atoms with Crippen molar-refractivity contribution in [3.63, 3.8) is 0 Å². The van der Waals surface area contributed by atoms with Crippen LogP contribution in [0.5, 0.6) is 0 Å². The molecule has 0 radical (unpaired) electrons. The van der Waals surface area contributed by atoms with E-state index in [0.29, 0.717) is 16.5 Å². The number of thiophene rings is 1. The Labute approximate surface area is 123 Å². The average Bonchev–Trinajstić information content (AvgIpc) is 2.69. The van der Waals surface area contributed by atoms with Crippen LogP contribution in [0.1, 0.15) is 42.4 Å². The van der Waals surface area contributed by atoms with Crippen LogP contribution in [0.15, 0.2) is 6.07 Å². The van der Waals surface area contributed by atoms with Gasteiger partial charge in [0, 0.05) is 7.11 Å². The molecule has 6 heteroatoms. The second kappa shape index (κ2) is 6.85. The molecular weight excluding hydrogens is 278 g/mol. The molecule has 0 saturated carbocycles. The Hall–Kier alpha value is -1.40. The van der Waals surface area contributed by atoms with Crippen LogP contribution < -0.4 is 5.32 Å². The van der Waals surface area contributed by atoms with E-state index in [1.54, 1.807) is 20.1 Å². The molecular formula is C14H21NO4S. The first-order chi connectivity index (χ1) is 9.29. The smallest absolute Gasteiger partial charge is 0.348 e. The van der Waals surface area contributed by atoms with Crippen molar-refractivity contribution in [2.45, 2.75) is 39.7 Å². The maximum atomic E-state index is 11.9. The number of nitrogens with one attached hydrogen (secondary N) is 1. The summed E-state index contributed by atoms with van der Waals surface area (Å²) < 4.78 is 10.2. The topological polar surface area (TPSA) is 64.6 Å². The highest BCUT2D eigenvalue weighted by atomic mass is 32.1. The van der Waals surface area contributed by atoms with Crippen LogP contribution in [0.25, 0.3) is 0 Å². The van der Waals surface area contributed by atoms with E-state index in [-0.39, 0.29) is 18.3 Å². The van der Waals surface area contributed by atoms with Crippen molar-refractivity contribution in [3.8, 4) is 0 Å². The van der Waals surface area contributed by atoms with Gasteiger partial charge in [-0.1, -0.05) is 0 Å². The van der Waals surface area contributed by atoms with E-state index in [0.717, 1.165) is 5.56 Å². The molecule has 0 bridgehead atoms. The lowest BCUT2D eigenvalue weighted by Crippen LogP contribution is -2.29.